The SMILES string of the molecule is CC.CC.Cc1ccc(C(C)C)c(C)c1.Cc1nc(N)nc(C(C)F)n1. The van der Waals surface area contributed by atoms with Crippen LogP contribution in [0.15, 0.2) is 18.2 Å². The van der Waals surface area contributed by atoms with Gasteiger partial charge in [0.05, 0.1) is 0 Å². The van der Waals surface area contributed by atoms with Gasteiger partial charge in [-0.1, -0.05) is 65.3 Å². The Kier molecular flexibility index (Phi) is 14.3. The maximum absolute atomic E-state index is 12.6. The quantitative estimate of drug-likeness (QED) is 0.682. The fourth-order valence-electron chi connectivity index (χ4n) is 2.18. The van der Waals surface area contributed by atoms with Crippen molar-refractivity contribution in [2.24, 2.45) is 0 Å². The highest BCUT2D eigenvalue weighted by Crippen LogP contribution is 2.19. The molecule has 0 saturated heterocycles. The number of aryl methyl sites for hydroxylation is 3. The lowest BCUT2D eigenvalue weighted by Crippen LogP contribution is -2.05. The van der Waals surface area contributed by atoms with Crippen LogP contribution in [0.5, 0.6) is 0 Å². The molecule has 5 heteroatoms. The number of nitrogens with two attached hydrogens (primary N) is 1. The summed E-state index contributed by atoms with van der Waals surface area (Å²) in [4.78, 5) is 11.1. The van der Waals surface area contributed by atoms with Crippen molar-refractivity contribution in [3.05, 3.63) is 46.5 Å². The van der Waals surface area contributed by atoms with Crippen LogP contribution in [0.3, 0.4) is 0 Å². The van der Waals surface area contributed by atoms with Crippen LogP contribution in [0.25, 0.3) is 0 Å². The maximum atomic E-state index is 12.6. The molecule has 2 aromatic rings. The van der Waals surface area contributed by atoms with Gasteiger partial charge in [-0.15, -0.1) is 0 Å². The van der Waals surface area contributed by atoms with Gasteiger partial charge in [0.25, 0.3) is 0 Å². The van der Waals surface area contributed by atoms with E-state index in [4.69, 9.17) is 5.73 Å². The topological polar surface area (TPSA) is 64.7 Å². The normalized spacial score (nSPS) is 10.5. The van der Waals surface area contributed by atoms with Crippen molar-refractivity contribution in [3.8, 4) is 0 Å². The number of hydrogen-bond donors (Lipinski definition) is 1. The smallest absolute Gasteiger partial charge is 0.223 e. The van der Waals surface area contributed by atoms with E-state index in [1.54, 1.807) is 6.92 Å². The summed E-state index contributed by atoms with van der Waals surface area (Å²) in [6.45, 7) is 19.8. The van der Waals surface area contributed by atoms with E-state index in [1.165, 1.54) is 23.6 Å². The number of alkyl halides is 1. The van der Waals surface area contributed by atoms with Crippen LogP contribution < -0.4 is 5.73 Å². The maximum Gasteiger partial charge on any atom is 0.223 e. The third kappa shape index (κ3) is 10.1. The fraction of sp³-hybridized carbons (Fsp3) is 0.571. The summed E-state index contributed by atoms with van der Waals surface area (Å²) in [7, 11) is 0. The summed E-state index contributed by atoms with van der Waals surface area (Å²) in [5, 5.41) is 0. The van der Waals surface area contributed by atoms with Crippen LogP contribution in [-0.2, 0) is 0 Å². The lowest BCUT2D eigenvalue weighted by molar-refractivity contribution is 0.355. The first kappa shape index (κ1) is 26.2. The largest absolute Gasteiger partial charge is 0.368 e. The van der Waals surface area contributed by atoms with Crippen molar-refractivity contribution < 1.29 is 4.39 Å². The predicted molar refractivity (Wildman–Crippen MR) is 111 cm³/mol. The highest BCUT2D eigenvalue weighted by molar-refractivity contribution is 5.32. The summed E-state index contributed by atoms with van der Waals surface area (Å²) in [5.41, 5.74) is 9.51. The number of anilines is 1. The minimum atomic E-state index is -1.20. The third-order valence-electron chi connectivity index (χ3n) is 3.18. The molecule has 1 atom stereocenters. The number of nitrogens with zero attached hydrogens (tertiary/aromatic N) is 3. The van der Waals surface area contributed by atoms with E-state index >= 15 is 0 Å². The molecule has 2 N–H and O–H groups in total. The average molecular weight is 365 g/mol. The first-order valence-electron chi connectivity index (χ1n) is 9.40. The molecule has 0 spiro atoms. The molecule has 0 saturated carbocycles. The van der Waals surface area contributed by atoms with Crippen molar-refractivity contribution in [3.63, 3.8) is 0 Å². The van der Waals surface area contributed by atoms with Crippen molar-refractivity contribution in [2.75, 3.05) is 5.73 Å². The molecule has 0 bridgehead atoms. The molecule has 1 unspecified atom stereocenters. The molecule has 0 amide bonds. The predicted octanol–water partition coefficient (Wildman–Crippen LogP) is 6.27. The minimum absolute atomic E-state index is 0.0667. The van der Waals surface area contributed by atoms with Gasteiger partial charge in [-0.25, -0.2) is 9.37 Å². The Labute approximate surface area is 159 Å². The van der Waals surface area contributed by atoms with Crippen LogP contribution in [0.4, 0.5) is 10.3 Å². The molecular formula is C21H37FN4. The molecule has 148 valence electrons. The van der Waals surface area contributed by atoms with Crippen LogP contribution >= 0.6 is 0 Å². The van der Waals surface area contributed by atoms with Gasteiger partial charge in [-0.2, -0.15) is 9.97 Å². The second kappa shape index (κ2) is 14.2. The van der Waals surface area contributed by atoms with Gasteiger partial charge >= 0.3 is 0 Å². The van der Waals surface area contributed by atoms with Crippen molar-refractivity contribution in [1.82, 2.24) is 15.0 Å². The molecule has 0 radical (unpaired) electrons. The van der Waals surface area contributed by atoms with Crippen LogP contribution in [0.1, 0.15) is 88.9 Å². The van der Waals surface area contributed by atoms with E-state index in [9.17, 15) is 4.39 Å². The van der Waals surface area contributed by atoms with Gasteiger partial charge < -0.3 is 5.73 Å². The summed E-state index contributed by atoms with van der Waals surface area (Å²) >= 11 is 0. The van der Waals surface area contributed by atoms with Gasteiger partial charge in [-0.3, -0.25) is 0 Å². The van der Waals surface area contributed by atoms with Crippen molar-refractivity contribution >= 4 is 5.95 Å². The first-order chi connectivity index (χ1) is 12.2. The van der Waals surface area contributed by atoms with Gasteiger partial charge in [0.1, 0.15) is 5.82 Å². The van der Waals surface area contributed by atoms with Crippen LogP contribution in [0.2, 0.25) is 0 Å². The summed E-state index contributed by atoms with van der Waals surface area (Å²) < 4.78 is 12.6. The monoisotopic (exact) mass is 364 g/mol. The Hall–Kier alpha value is -2.04. The van der Waals surface area contributed by atoms with Gasteiger partial charge in [0, 0.05) is 0 Å². The Morgan fingerprint density at radius 1 is 0.885 bits per heavy atom. The molecule has 1 aromatic carbocycles. The molecule has 0 aliphatic rings. The van der Waals surface area contributed by atoms with Gasteiger partial charge in [0.2, 0.25) is 5.95 Å². The van der Waals surface area contributed by atoms with Gasteiger partial charge in [0.15, 0.2) is 12.0 Å². The van der Waals surface area contributed by atoms with E-state index in [2.05, 4.69) is 60.8 Å². The highest BCUT2D eigenvalue weighted by atomic mass is 19.1. The minimum Gasteiger partial charge on any atom is -0.368 e. The van der Waals surface area contributed by atoms with E-state index in [1.807, 2.05) is 27.7 Å². The number of nitrogen functional groups attached to an aromatic ring is 1. The van der Waals surface area contributed by atoms with E-state index < -0.39 is 6.17 Å². The second-order valence-corrected chi connectivity index (χ2v) is 5.73. The number of halogens is 1. The van der Waals surface area contributed by atoms with E-state index in [-0.39, 0.29) is 11.8 Å². The molecule has 2 rings (SSSR count). The Bertz CT molecular complexity index is 605. The Morgan fingerprint density at radius 2 is 1.42 bits per heavy atom. The Morgan fingerprint density at radius 3 is 1.81 bits per heavy atom. The number of rotatable bonds is 2. The van der Waals surface area contributed by atoms with E-state index in [0.717, 1.165) is 0 Å². The lowest BCUT2D eigenvalue weighted by Gasteiger charge is -2.09. The van der Waals surface area contributed by atoms with Gasteiger partial charge in [-0.05, 0) is 44.7 Å². The molecule has 26 heavy (non-hydrogen) atoms. The molecule has 0 aliphatic heterocycles. The molecule has 4 nitrogen and oxygen atoms in total. The molecule has 0 aliphatic carbocycles. The van der Waals surface area contributed by atoms with E-state index in [0.29, 0.717) is 11.7 Å². The van der Waals surface area contributed by atoms with Crippen LogP contribution in [-0.4, -0.2) is 15.0 Å². The fourth-order valence-corrected chi connectivity index (χ4v) is 2.18. The second-order valence-electron chi connectivity index (χ2n) is 5.73. The Balaban J connectivity index is 0. The molecular weight excluding hydrogens is 327 g/mol. The molecule has 1 heterocycles. The number of hydrogen-bond acceptors (Lipinski definition) is 4. The van der Waals surface area contributed by atoms with Crippen molar-refractivity contribution in [1.29, 1.82) is 0 Å². The summed E-state index contributed by atoms with van der Waals surface area (Å²) in [6.07, 6.45) is -1.20. The standard InChI is InChI=1S/C11H16.C6H9FN4.2C2H6/c1-8(2)11-6-5-9(3)7-10(11)4;1-3(7)5-9-4(2)10-6(8)11-5;2*1-2/h5-8H,1-4H3;3H,1-2H3,(H2,8,9,10,11);2*1-2H3. The van der Waals surface area contributed by atoms with Crippen LogP contribution in [0, 0.1) is 20.8 Å². The summed E-state index contributed by atoms with van der Waals surface area (Å²) in [5.74, 6) is 1.25. The average Bonchev–Trinajstić information content (AvgIpc) is 2.57. The highest BCUT2D eigenvalue weighted by Gasteiger charge is 2.07. The molecule has 0 fully saturated rings. The number of benzene rings is 1. The zero-order valence-electron chi connectivity index (χ0n) is 18.2. The summed E-state index contributed by atoms with van der Waals surface area (Å²) in [6, 6.07) is 6.66. The zero-order valence-corrected chi connectivity index (χ0v) is 18.2. The lowest BCUT2D eigenvalue weighted by atomic mass is 9.97. The first-order valence-corrected chi connectivity index (χ1v) is 9.40. The molecule has 1 aromatic heterocycles. The third-order valence-corrected chi connectivity index (χ3v) is 3.18. The van der Waals surface area contributed by atoms with Crippen molar-refractivity contribution in [2.45, 2.75) is 81.3 Å². The zero-order chi connectivity index (χ0) is 20.9. The number of aromatic nitrogens is 3.